The summed E-state index contributed by atoms with van der Waals surface area (Å²) in [7, 11) is 0. The topological polar surface area (TPSA) is 112 Å². The van der Waals surface area contributed by atoms with Crippen LogP contribution in [-0.2, 0) is 4.79 Å². The number of carbonyl (C=O) groups is 2. The molecule has 8 nitrogen and oxygen atoms in total. The van der Waals surface area contributed by atoms with Crippen LogP contribution in [0.5, 0.6) is 0 Å². The van der Waals surface area contributed by atoms with E-state index in [1.807, 2.05) is 55.6 Å². The molecule has 5 aromatic rings. The molecule has 4 N–H and O–H groups in total. The molecule has 188 valence electrons. The molecule has 0 spiro atoms. The minimum atomic E-state index is -0.319. The van der Waals surface area contributed by atoms with Gasteiger partial charge in [-0.1, -0.05) is 42.4 Å². The number of carbonyl (C=O) groups excluding carboxylic acids is 2. The van der Waals surface area contributed by atoms with Gasteiger partial charge < -0.3 is 20.9 Å². The smallest absolute Gasteiger partial charge is 0.255 e. The van der Waals surface area contributed by atoms with E-state index in [0.29, 0.717) is 33.6 Å². The lowest BCUT2D eigenvalue weighted by molar-refractivity contribution is -0.111. The number of benzene rings is 3. The van der Waals surface area contributed by atoms with Crippen molar-refractivity contribution in [2.24, 2.45) is 0 Å². The number of nitrogens with zero attached hydrogens (tertiary/aromatic N) is 2. The van der Waals surface area contributed by atoms with Crippen LogP contribution in [0.4, 0.5) is 23.0 Å². The fourth-order valence-electron chi connectivity index (χ4n) is 3.94. The number of hydrogen-bond donors (Lipinski definition) is 4. The molecule has 5 rings (SSSR count). The van der Waals surface area contributed by atoms with E-state index in [-0.39, 0.29) is 11.8 Å². The predicted molar refractivity (Wildman–Crippen MR) is 152 cm³/mol. The fourth-order valence-corrected chi connectivity index (χ4v) is 4.13. The number of aromatic nitrogens is 3. The minimum absolute atomic E-state index is 0.286. The van der Waals surface area contributed by atoms with Crippen LogP contribution in [0.2, 0.25) is 5.02 Å². The quantitative estimate of drug-likeness (QED) is 0.177. The second-order valence-electron chi connectivity index (χ2n) is 8.52. The van der Waals surface area contributed by atoms with Crippen LogP contribution in [0.25, 0.3) is 22.2 Å². The van der Waals surface area contributed by atoms with Crippen molar-refractivity contribution in [3.63, 3.8) is 0 Å². The van der Waals surface area contributed by atoms with Gasteiger partial charge in [-0.25, -0.2) is 9.97 Å². The van der Waals surface area contributed by atoms with E-state index in [1.54, 1.807) is 30.5 Å². The highest BCUT2D eigenvalue weighted by Gasteiger charge is 2.14. The SMILES string of the molecule is C=CC(=O)Nc1ccc(C(=O)Nc2ccc(C)c(Nc3ncc(Cl)c(-c4c[nH]c5ccccc45)n3)c2)cc1. The number of rotatable bonds is 7. The third-order valence-corrected chi connectivity index (χ3v) is 6.21. The number of anilines is 4. The monoisotopic (exact) mass is 522 g/mol. The zero-order valence-corrected chi connectivity index (χ0v) is 21.1. The summed E-state index contributed by atoms with van der Waals surface area (Å²) in [5, 5.41) is 10.2. The van der Waals surface area contributed by atoms with E-state index >= 15 is 0 Å². The maximum absolute atomic E-state index is 12.8. The number of fused-ring (bicyclic) bond motifs is 1. The van der Waals surface area contributed by atoms with Crippen molar-refractivity contribution < 1.29 is 9.59 Å². The van der Waals surface area contributed by atoms with Crippen molar-refractivity contribution in [1.82, 2.24) is 15.0 Å². The lowest BCUT2D eigenvalue weighted by Crippen LogP contribution is -2.13. The van der Waals surface area contributed by atoms with Crippen LogP contribution in [0, 0.1) is 6.92 Å². The van der Waals surface area contributed by atoms with Crippen molar-refractivity contribution in [3.8, 4) is 11.3 Å². The number of para-hydroxylation sites is 1. The first-order valence-corrected chi connectivity index (χ1v) is 12.1. The van der Waals surface area contributed by atoms with E-state index in [9.17, 15) is 9.59 Å². The van der Waals surface area contributed by atoms with Crippen molar-refractivity contribution in [2.45, 2.75) is 6.92 Å². The molecule has 9 heteroatoms. The van der Waals surface area contributed by atoms with Gasteiger partial charge in [0.15, 0.2) is 0 Å². The molecule has 0 aliphatic rings. The van der Waals surface area contributed by atoms with Gasteiger partial charge in [-0.05, 0) is 61.0 Å². The molecule has 0 unspecified atom stereocenters. The van der Waals surface area contributed by atoms with Gasteiger partial charge in [0.1, 0.15) is 0 Å². The molecule has 0 aliphatic carbocycles. The fraction of sp³-hybridized carbons (Fsp3) is 0.0345. The summed E-state index contributed by atoms with van der Waals surface area (Å²) >= 11 is 6.47. The minimum Gasteiger partial charge on any atom is -0.360 e. The molecule has 0 bridgehead atoms. The summed E-state index contributed by atoms with van der Waals surface area (Å²) in [4.78, 5) is 36.5. The summed E-state index contributed by atoms with van der Waals surface area (Å²) < 4.78 is 0. The Bertz CT molecular complexity index is 1680. The average molecular weight is 523 g/mol. The van der Waals surface area contributed by atoms with Gasteiger partial charge in [-0.2, -0.15) is 0 Å². The predicted octanol–water partition coefficient (Wildman–Crippen LogP) is 6.71. The number of amides is 2. The van der Waals surface area contributed by atoms with E-state index in [2.05, 4.69) is 37.5 Å². The maximum Gasteiger partial charge on any atom is 0.255 e. The Morgan fingerprint density at radius 3 is 2.55 bits per heavy atom. The van der Waals surface area contributed by atoms with Gasteiger partial charge in [0.05, 0.1) is 16.9 Å². The highest BCUT2D eigenvalue weighted by Crippen LogP contribution is 2.33. The van der Waals surface area contributed by atoms with Gasteiger partial charge in [0, 0.05) is 45.3 Å². The Morgan fingerprint density at radius 2 is 1.76 bits per heavy atom. The molecule has 0 atom stereocenters. The first-order valence-electron chi connectivity index (χ1n) is 11.7. The highest BCUT2D eigenvalue weighted by atomic mass is 35.5. The average Bonchev–Trinajstić information content (AvgIpc) is 3.36. The highest BCUT2D eigenvalue weighted by molar-refractivity contribution is 6.33. The number of H-pyrrole nitrogens is 1. The van der Waals surface area contributed by atoms with E-state index in [1.165, 1.54) is 6.08 Å². The molecule has 0 saturated heterocycles. The zero-order chi connectivity index (χ0) is 26.6. The van der Waals surface area contributed by atoms with Crippen molar-refractivity contribution in [1.29, 1.82) is 0 Å². The Morgan fingerprint density at radius 1 is 1.00 bits per heavy atom. The zero-order valence-electron chi connectivity index (χ0n) is 20.4. The molecular formula is C29H23ClN6O2. The molecule has 2 amide bonds. The van der Waals surface area contributed by atoms with Gasteiger partial charge in [-0.3, -0.25) is 9.59 Å². The second kappa shape index (κ2) is 10.6. The number of nitrogens with one attached hydrogen (secondary N) is 4. The van der Waals surface area contributed by atoms with E-state index < -0.39 is 0 Å². The van der Waals surface area contributed by atoms with Gasteiger partial charge >= 0.3 is 0 Å². The van der Waals surface area contributed by atoms with Crippen LogP contribution < -0.4 is 16.0 Å². The first-order chi connectivity index (χ1) is 18.4. The molecule has 0 radical (unpaired) electrons. The lowest BCUT2D eigenvalue weighted by atomic mass is 10.1. The summed E-state index contributed by atoms with van der Waals surface area (Å²) in [6.45, 7) is 5.37. The van der Waals surface area contributed by atoms with Crippen LogP contribution in [-0.4, -0.2) is 26.8 Å². The molecule has 2 aromatic heterocycles. The number of hydrogen-bond acceptors (Lipinski definition) is 5. The maximum atomic E-state index is 12.8. The van der Waals surface area contributed by atoms with Crippen LogP contribution in [0.1, 0.15) is 15.9 Å². The third kappa shape index (κ3) is 5.25. The van der Waals surface area contributed by atoms with E-state index in [0.717, 1.165) is 27.7 Å². The van der Waals surface area contributed by atoms with Crippen LogP contribution in [0.3, 0.4) is 0 Å². The summed E-state index contributed by atoms with van der Waals surface area (Å²) in [5.74, 6) is -0.232. The van der Waals surface area contributed by atoms with Gasteiger partial charge in [-0.15, -0.1) is 0 Å². The Hall–Kier alpha value is -4.95. The Balaban J connectivity index is 1.35. The van der Waals surface area contributed by atoms with E-state index in [4.69, 9.17) is 11.6 Å². The summed E-state index contributed by atoms with van der Waals surface area (Å²) in [6.07, 6.45) is 4.63. The molecule has 2 heterocycles. The third-order valence-electron chi connectivity index (χ3n) is 5.93. The molecule has 3 aromatic carbocycles. The van der Waals surface area contributed by atoms with Crippen molar-refractivity contribution >= 4 is 57.3 Å². The van der Waals surface area contributed by atoms with Crippen molar-refractivity contribution in [2.75, 3.05) is 16.0 Å². The van der Waals surface area contributed by atoms with Crippen LogP contribution >= 0.6 is 11.6 Å². The molecule has 0 aliphatic heterocycles. The largest absolute Gasteiger partial charge is 0.360 e. The lowest BCUT2D eigenvalue weighted by Gasteiger charge is -2.13. The summed E-state index contributed by atoms with van der Waals surface area (Å²) in [5.41, 5.74) is 5.76. The Labute approximate surface area is 223 Å². The number of aryl methyl sites for hydroxylation is 1. The molecule has 0 fully saturated rings. The molecule has 38 heavy (non-hydrogen) atoms. The van der Waals surface area contributed by atoms with Gasteiger partial charge in [0.25, 0.3) is 5.91 Å². The standard InChI is InChI=1S/C29H23ClN6O2/c1-3-26(37)33-19-12-9-18(10-13-19)28(38)34-20-11-8-17(2)25(14-20)35-29-32-16-23(30)27(36-29)22-15-31-24-7-5-4-6-21(22)24/h3-16,31H,1H2,2H3,(H,33,37)(H,34,38)(H,32,35,36). The number of aromatic amines is 1. The Kier molecular flexibility index (Phi) is 6.88. The summed E-state index contributed by atoms with van der Waals surface area (Å²) in [6, 6.07) is 20.0. The van der Waals surface area contributed by atoms with Gasteiger partial charge in [0.2, 0.25) is 11.9 Å². The second-order valence-corrected chi connectivity index (χ2v) is 8.92. The first kappa shape index (κ1) is 24.7. The van der Waals surface area contributed by atoms with Crippen LogP contribution in [0.15, 0.2) is 91.8 Å². The molecular weight excluding hydrogens is 500 g/mol. The number of halogens is 1. The van der Waals surface area contributed by atoms with Crippen molar-refractivity contribution in [3.05, 3.63) is 108 Å². The molecule has 0 saturated carbocycles. The normalized spacial score (nSPS) is 10.7.